The van der Waals surface area contributed by atoms with Crippen LogP contribution in [0.25, 0.3) is 5.76 Å². The molecule has 35 heavy (non-hydrogen) atoms. The van der Waals surface area contributed by atoms with Crippen molar-refractivity contribution in [3.05, 3.63) is 75.8 Å². The molecule has 1 aliphatic heterocycles. The molecule has 2 N–H and O–H groups in total. The van der Waals surface area contributed by atoms with E-state index in [1.807, 2.05) is 6.92 Å². The number of esters is 1. The van der Waals surface area contributed by atoms with Crippen LogP contribution in [0.4, 0.5) is 5.13 Å². The molecule has 0 bridgehead atoms. The number of anilines is 1. The van der Waals surface area contributed by atoms with E-state index in [9.17, 15) is 24.6 Å². The highest BCUT2D eigenvalue weighted by atomic mass is 32.1. The van der Waals surface area contributed by atoms with Gasteiger partial charge in [0.1, 0.15) is 22.1 Å². The number of thiazole rings is 1. The number of amides is 1. The summed E-state index contributed by atoms with van der Waals surface area (Å²) in [7, 11) is 1.23. The zero-order chi connectivity index (χ0) is 25.3. The number of aliphatic hydroxyl groups excluding tert-OH is 1. The molecule has 1 unspecified atom stereocenters. The number of carbonyl (C=O) groups is 3. The van der Waals surface area contributed by atoms with E-state index in [0.29, 0.717) is 23.6 Å². The number of aliphatic hydroxyl groups is 1. The molecule has 1 atom stereocenters. The Balaban J connectivity index is 1.93. The maximum Gasteiger partial charge on any atom is 0.350 e. The number of nitrogens with zero attached hydrogens (tertiary/aromatic N) is 2. The molecule has 0 saturated carbocycles. The lowest BCUT2D eigenvalue weighted by molar-refractivity contribution is -0.132. The van der Waals surface area contributed by atoms with Crippen molar-refractivity contribution >= 4 is 39.9 Å². The number of ether oxygens (including phenoxy) is 2. The van der Waals surface area contributed by atoms with E-state index < -0.39 is 29.5 Å². The van der Waals surface area contributed by atoms with Gasteiger partial charge in [0, 0.05) is 5.56 Å². The summed E-state index contributed by atoms with van der Waals surface area (Å²) in [6, 6.07) is 11.4. The minimum absolute atomic E-state index is 0.0838. The highest BCUT2D eigenvalue weighted by Gasteiger charge is 2.48. The van der Waals surface area contributed by atoms with Crippen molar-refractivity contribution in [3.63, 3.8) is 0 Å². The lowest BCUT2D eigenvalue weighted by atomic mass is 9.95. The Morgan fingerprint density at radius 3 is 2.60 bits per heavy atom. The van der Waals surface area contributed by atoms with Gasteiger partial charge in [-0.2, -0.15) is 0 Å². The van der Waals surface area contributed by atoms with Gasteiger partial charge in [0.15, 0.2) is 5.13 Å². The summed E-state index contributed by atoms with van der Waals surface area (Å²) in [5.74, 6) is -2.47. The number of phenols is 1. The molecule has 0 radical (unpaired) electrons. The second kappa shape index (κ2) is 9.59. The Bertz CT molecular complexity index is 1360. The van der Waals surface area contributed by atoms with Gasteiger partial charge in [-0.25, -0.2) is 9.78 Å². The molecule has 1 saturated heterocycles. The monoisotopic (exact) mass is 494 g/mol. The van der Waals surface area contributed by atoms with Crippen LogP contribution in [0.2, 0.25) is 0 Å². The fourth-order valence-electron chi connectivity index (χ4n) is 3.86. The first-order valence-corrected chi connectivity index (χ1v) is 11.5. The van der Waals surface area contributed by atoms with Crippen LogP contribution < -0.4 is 9.64 Å². The number of aromatic nitrogens is 1. The Hall–Kier alpha value is -4.18. The van der Waals surface area contributed by atoms with Gasteiger partial charge in [-0.1, -0.05) is 35.6 Å². The van der Waals surface area contributed by atoms with E-state index in [4.69, 9.17) is 9.47 Å². The van der Waals surface area contributed by atoms with E-state index in [-0.39, 0.29) is 26.9 Å². The van der Waals surface area contributed by atoms with Crippen molar-refractivity contribution in [3.8, 4) is 11.5 Å². The lowest BCUT2D eigenvalue weighted by Crippen LogP contribution is -2.29. The number of Topliss-reactive ketones (excluding diaryl/α,β-unsaturated/α-hetero) is 1. The van der Waals surface area contributed by atoms with Crippen molar-refractivity contribution in [1.29, 1.82) is 0 Å². The topological polar surface area (TPSA) is 126 Å². The molecule has 180 valence electrons. The van der Waals surface area contributed by atoms with Gasteiger partial charge in [0.05, 0.1) is 31.0 Å². The van der Waals surface area contributed by atoms with Gasteiger partial charge in [0.25, 0.3) is 5.78 Å². The molecule has 3 aromatic rings. The Kier molecular flexibility index (Phi) is 6.57. The van der Waals surface area contributed by atoms with Gasteiger partial charge in [-0.3, -0.25) is 14.5 Å². The number of hydrogen-bond acceptors (Lipinski definition) is 9. The van der Waals surface area contributed by atoms with Crippen LogP contribution >= 0.6 is 11.3 Å². The Morgan fingerprint density at radius 2 is 1.91 bits per heavy atom. The number of rotatable bonds is 6. The van der Waals surface area contributed by atoms with E-state index >= 15 is 0 Å². The van der Waals surface area contributed by atoms with Crippen LogP contribution in [0.15, 0.2) is 54.1 Å². The molecule has 4 rings (SSSR count). The van der Waals surface area contributed by atoms with Crippen LogP contribution in [0.1, 0.15) is 39.5 Å². The van der Waals surface area contributed by atoms with Crippen molar-refractivity contribution in [2.45, 2.75) is 19.9 Å². The quantitative estimate of drug-likeness (QED) is 0.228. The zero-order valence-electron chi connectivity index (χ0n) is 19.1. The average molecular weight is 495 g/mol. The summed E-state index contributed by atoms with van der Waals surface area (Å²) >= 11 is 0.897. The first-order chi connectivity index (χ1) is 16.8. The average Bonchev–Trinajstić information content (AvgIpc) is 3.35. The Labute approximate surface area is 204 Å². The zero-order valence-corrected chi connectivity index (χ0v) is 20.0. The molecule has 2 aromatic carbocycles. The number of aromatic hydroxyl groups is 1. The van der Waals surface area contributed by atoms with E-state index in [1.165, 1.54) is 19.2 Å². The van der Waals surface area contributed by atoms with Gasteiger partial charge in [-0.05, 0) is 43.7 Å². The standard InChI is InChI=1S/C25H22N2O7S/c1-4-34-17-10-6-8-15(12-17)20(29)18-19(14-7-5-9-16(28)11-14)27(23(31)21(18)30)25-26-13(2)22(35-25)24(32)33-3/h5-12,19,28-29H,4H2,1-3H3. The third kappa shape index (κ3) is 4.35. The van der Waals surface area contributed by atoms with Gasteiger partial charge in [0.2, 0.25) is 0 Å². The highest BCUT2D eigenvalue weighted by Crippen LogP contribution is 2.44. The maximum absolute atomic E-state index is 13.2. The molecule has 9 nitrogen and oxygen atoms in total. The number of ketones is 1. The van der Waals surface area contributed by atoms with Crippen LogP contribution in [0.5, 0.6) is 11.5 Å². The smallest absolute Gasteiger partial charge is 0.350 e. The fraction of sp³-hybridized carbons (Fsp3) is 0.200. The van der Waals surface area contributed by atoms with Crippen molar-refractivity contribution in [2.75, 3.05) is 18.6 Å². The van der Waals surface area contributed by atoms with Crippen LogP contribution in [0, 0.1) is 6.92 Å². The normalized spacial score (nSPS) is 17.0. The maximum atomic E-state index is 13.2. The van der Waals surface area contributed by atoms with Crippen LogP contribution in [-0.2, 0) is 14.3 Å². The predicted molar refractivity (Wildman–Crippen MR) is 129 cm³/mol. The summed E-state index contributed by atoms with van der Waals surface area (Å²) in [4.78, 5) is 44.3. The molecular formula is C25H22N2O7S. The van der Waals surface area contributed by atoms with Crippen LogP contribution in [0.3, 0.4) is 0 Å². The SMILES string of the molecule is CCOc1cccc(C(O)=C2C(=O)C(=O)N(c3nc(C)c(C(=O)OC)s3)C2c2cccc(O)c2)c1. The summed E-state index contributed by atoms with van der Waals surface area (Å²) in [5, 5.41) is 21.4. The van der Waals surface area contributed by atoms with Gasteiger partial charge >= 0.3 is 11.9 Å². The minimum atomic E-state index is -1.10. The fourth-order valence-corrected chi connectivity index (χ4v) is 4.87. The minimum Gasteiger partial charge on any atom is -0.508 e. The first kappa shape index (κ1) is 24.0. The molecule has 2 heterocycles. The Morgan fingerprint density at radius 1 is 1.17 bits per heavy atom. The van der Waals surface area contributed by atoms with Gasteiger partial charge < -0.3 is 19.7 Å². The highest BCUT2D eigenvalue weighted by molar-refractivity contribution is 7.17. The number of hydrogen-bond donors (Lipinski definition) is 2. The molecule has 0 aliphatic carbocycles. The summed E-state index contributed by atoms with van der Waals surface area (Å²) in [6.07, 6.45) is 0. The number of methoxy groups -OCH3 is 1. The molecule has 10 heteroatoms. The molecule has 1 aliphatic rings. The molecule has 0 spiro atoms. The predicted octanol–water partition coefficient (Wildman–Crippen LogP) is 3.97. The second-order valence-corrected chi connectivity index (χ2v) is 8.61. The molecule has 1 amide bonds. The van der Waals surface area contributed by atoms with Crippen LogP contribution in [-0.4, -0.2) is 46.6 Å². The largest absolute Gasteiger partial charge is 0.508 e. The molecule has 1 fully saturated rings. The summed E-state index contributed by atoms with van der Waals surface area (Å²) in [6.45, 7) is 3.81. The van der Waals surface area contributed by atoms with Crippen molar-refractivity contribution in [2.24, 2.45) is 0 Å². The number of aryl methyl sites for hydroxylation is 1. The molecular weight excluding hydrogens is 472 g/mol. The first-order valence-electron chi connectivity index (χ1n) is 10.7. The third-order valence-electron chi connectivity index (χ3n) is 5.41. The lowest BCUT2D eigenvalue weighted by Gasteiger charge is -2.23. The third-order valence-corrected chi connectivity index (χ3v) is 6.55. The second-order valence-electron chi connectivity index (χ2n) is 7.63. The summed E-state index contributed by atoms with van der Waals surface area (Å²) < 4.78 is 10.3. The van der Waals surface area contributed by atoms with E-state index in [0.717, 1.165) is 16.2 Å². The number of phenolic OH excluding ortho intramolecular Hbond substituents is 1. The number of carbonyl (C=O) groups excluding carboxylic acids is 3. The van der Waals surface area contributed by atoms with Gasteiger partial charge in [-0.15, -0.1) is 0 Å². The van der Waals surface area contributed by atoms with Crippen molar-refractivity contribution in [1.82, 2.24) is 4.98 Å². The summed E-state index contributed by atoms with van der Waals surface area (Å²) in [5.41, 5.74) is 0.809. The molecule has 1 aromatic heterocycles. The van der Waals surface area contributed by atoms with E-state index in [2.05, 4.69) is 4.98 Å². The van der Waals surface area contributed by atoms with Crippen molar-refractivity contribution < 1.29 is 34.1 Å². The van der Waals surface area contributed by atoms with E-state index in [1.54, 1.807) is 43.3 Å². The number of benzene rings is 2.